The van der Waals surface area contributed by atoms with Crippen molar-refractivity contribution in [1.29, 1.82) is 0 Å². The molecule has 0 bridgehead atoms. The Hall–Kier alpha value is -2.92. The Labute approximate surface area is 171 Å². The summed E-state index contributed by atoms with van der Waals surface area (Å²) >= 11 is 0. The third-order valence-electron chi connectivity index (χ3n) is 5.81. The number of carbonyl (C=O) groups excluding carboxylic acids is 2. The second kappa shape index (κ2) is 7.83. The molecule has 0 amide bonds. The Morgan fingerprint density at radius 3 is 1.59 bits per heavy atom. The second-order valence-corrected chi connectivity index (χ2v) is 11.0. The third kappa shape index (κ3) is 2.97. The molecule has 148 valence electrons. The van der Waals surface area contributed by atoms with E-state index in [4.69, 9.17) is 9.47 Å². The smallest absolute Gasteiger partial charge is 0.333 e. The molecule has 4 rings (SSSR count). The number of hydrogen-bond acceptors (Lipinski definition) is 4. The Morgan fingerprint density at radius 1 is 0.759 bits per heavy atom. The summed E-state index contributed by atoms with van der Waals surface area (Å²) in [5.74, 6) is 0. The quantitative estimate of drug-likeness (QED) is 0.587. The van der Waals surface area contributed by atoms with Gasteiger partial charge in [-0.3, -0.25) is 9.59 Å². The van der Waals surface area contributed by atoms with Gasteiger partial charge in [0.1, 0.15) is 0 Å². The van der Waals surface area contributed by atoms with Crippen molar-refractivity contribution < 1.29 is 19.1 Å². The third-order valence-corrected chi connectivity index (χ3v) is 10.4. The molecule has 0 aliphatic heterocycles. The number of ether oxygens (including phenoxy) is 2. The van der Waals surface area contributed by atoms with Crippen molar-refractivity contribution in [2.45, 2.75) is 24.9 Å². The van der Waals surface area contributed by atoms with Gasteiger partial charge in [-0.1, -0.05) is 72.8 Å². The molecule has 0 N–H and O–H groups in total. The molecule has 0 saturated carbocycles. The van der Waals surface area contributed by atoms with E-state index in [0.717, 1.165) is 22.3 Å². The van der Waals surface area contributed by atoms with E-state index in [0.29, 0.717) is 0 Å². The predicted molar refractivity (Wildman–Crippen MR) is 116 cm³/mol. The Bertz CT molecular complexity index is 926. The maximum atomic E-state index is 13.6. The highest BCUT2D eigenvalue weighted by atomic mass is 28.3. The van der Waals surface area contributed by atoms with Gasteiger partial charge >= 0.3 is 8.07 Å². The van der Waals surface area contributed by atoms with Gasteiger partial charge < -0.3 is 9.47 Å². The van der Waals surface area contributed by atoms with Gasteiger partial charge in [0.05, 0.1) is 13.2 Å². The van der Waals surface area contributed by atoms with Crippen LogP contribution in [0, 0.1) is 0 Å². The van der Waals surface area contributed by atoms with E-state index in [1.807, 2.05) is 72.8 Å². The zero-order valence-electron chi connectivity index (χ0n) is 16.6. The summed E-state index contributed by atoms with van der Waals surface area (Å²) in [6.07, 6.45) is 8.01. The predicted octanol–water partition coefficient (Wildman–Crippen LogP) is 5.61. The summed E-state index contributed by atoms with van der Waals surface area (Å²) < 4.78 is 11.2. The van der Waals surface area contributed by atoms with Crippen LogP contribution in [0.25, 0.3) is 12.2 Å². The Kier molecular flexibility index (Phi) is 5.24. The molecular formula is C24H24O4Si. The monoisotopic (exact) mass is 404 g/mol. The number of rotatable bonds is 6. The molecule has 0 saturated heterocycles. The zero-order chi connectivity index (χ0) is 20.4. The first kappa shape index (κ1) is 19.4. The van der Waals surface area contributed by atoms with Crippen LogP contribution in [-0.2, 0) is 9.47 Å². The number of hydrogen-bond donors (Lipinski definition) is 0. The lowest BCUT2D eigenvalue weighted by Crippen LogP contribution is -2.61. The molecule has 0 heterocycles. The van der Waals surface area contributed by atoms with Gasteiger partial charge in [-0.15, -0.1) is 0 Å². The maximum absolute atomic E-state index is 13.6. The van der Waals surface area contributed by atoms with Crippen molar-refractivity contribution >= 4 is 31.4 Å². The summed E-state index contributed by atoms with van der Waals surface area (Å²) in [4.78, 5) is 27.3. The molecule has 0 spiro atoms. The number of carbonyl (C=O) groups is 2. The van der Waals surface area contributed by atoms with Crippen LogP contribution >= 0.6 is 0 Å². The first-order valence-electron chi connectivity index (χ1n) is 10.0. The largest absolute Gasteiger partial charge is 0.470 e. The van der Waals surface area contributed by atoms with Crippen LogP contribution in [0.1, 0.15) is 47.2 Å². The molecule has 29 heavy (non-hydrogen) atoms. The molecule has 2 aromatic carbocycles. The van der Waals surface area contributed by atoms with Crippen molar-refractivity contribution in [2.24, 2.45) is 0 Å². The Balaban J connectivity index is 1.96. The van der Waals surface area contributed by atoms with E-state index in [1.54, 1.807) is 13.8 Å². The van der Waals surface area contributed by atoms with Crippen LogP contribution in [0.5, 0.6) is 0 Å². The van der Waals surface area contributed by atoms with E-state index < -0.39 is 19.3 Å². The van der Waals surface area contributed by atoms with E-state index in [9.17, 15) is 9.59 Å². The molecular weight excluding hydrogens is 380 g/mol. The summed E-state index contributed by atoms with van der Waals surface area (Å²) in [5, 5.41) is 0. The lowest BCUT2D eigenvalue weighted by atomic mass is 10.1. The van der Waals surface area contributed by atoms with Crippen molar-refractivity contribution in [3.63, 3.8) is 0 Å². The highest BCUT2D eigenvalue weighted by Crippen LogP contribution is 2.48. The van der Waals surface area contributed by atoms with Crippen LogP contribution in [0.2, 0.25) is 0 Å². The van der Waals surface area contributed by atoms with Gasteiger partial charge in [0, 0.05) is 11.1 Å². The van der Waals surface area contributed by atoms with Crippen LogP contribution < -0.4 is 0 Å². The molecule has 0 radical (unpaired) electrons. The van der Waals surface area contributed by atoms with Crippen molar-refractivity contribution in [3.8, 4) is 0 Å². The molecule has 2 unspecified atom stereocenters. The molecule has 2 aromatic rings. The van der Waals surface area contributed by atoms with Gasteiger partial charge in [0.15, 0.2) is 0 Å². The Morgan fingerprint density at radius 2 is 1.17 bits per heavy atom. The van der Waals surface area contributed by atoms with Crippen molar-refractivity contribution in [2.75, 3.05) is 13.2 Å². The summed E-state index contributed by atoms with van der Waals surface area (Å²) in [6.45, 7) is 4.00. The lowest BCUT2D eigenvalue weighted by Gasteiger charge is -2.36. The van der Waals surface area contributed by atoms with Crippen LogP contribution in [0.3, 0.4) is 0 Å². The highest BCUT2D eigenvalue weighted by molar-refractivity contribution is 7.25. The number of benzene rings is 2. The maximum Gasteiger partial charge on any atom is 0.333 e. The minimum atomic E-state index is -3.58. The lowest BCUT2D eigenvalue weighted by molar-refractivity contribution is 0.165. The average Bonchev–Trinajstić information content (AvgIpc) is 3.35. The van der Waals surface area contributed by atoms with Crippen LogP contribution in [0.15, 0.2) is 60.7 Å². The molecule has 2 aliphatic rings. The SMILES string of the molecule is CCOC(=O)[Si](C(=O)OCC)(C1C=Cc2ccccc21)C1C=Cc2ccccc21. The first-order valence-corrected chi connectivity index (χ1v) is 12.2. The normalized spacial score (nSPS) is 19.0. The van der Waals surface area contributed by atoms with E-state index in [2.05, 4.69) is 0 Å². The van der Waals surface area contributed by atoms with Crippen molar-refractivity contribution in [1.82, 2.24) is 0 Å². The number of fused-ring (bicyclic) bond motifs is 2. The van der Waals surface area contributed by atoms with Gasteiger partial charge in [0.25, 0.3) is 11.2 Å². The van der Waals surface area contributed by atoms with Gasteiger partial charge in [-0.25, -0.2) is 0 Å². The second-order valence-electron chi connectivity index (χ2n) is 7.24. The van der Waals surface area contributed by atoms with Gasteiger partial charge in [-0.05, 0) is 36.1 Å². The molecule has 5 heteroatoms. The van der Waals surface area contributed by atoms with Gasteiger partial charge in [0.2, 0.25) is 0 Å². The summed E-state index contributed by atoms with van der Waals surface area (Å²) in [5.41, 5.74) is 2.59. The molecule has 4 nitrogen and oxygen atoms in total. The van der Waals surface area contributed by atoms with Crippen molar-refractivity contribution in [3.05, 3.63) is 82.9 Å². The molecule has 0 aromatic heterocycles. The fourth-order valence-corrected chi connectivity index (χ4v) is 9.22. The fraction of sp³-hybridized carbons (Fsp3) is 0.250. The van der Waals surface area contributed by atoms with Crippen LogP contribution in [-0.4, -0.2) is 32.5 Å². The average molecular weight is 405 g/mol. The van der Waals surface area contributed by atoms with Crippen LogP contribution in [0.4, 0.5) is 9.59 Å². The highest BCUT2D eigenvalue weighted by Gasteiger charge is 2.65. The van der Waals surface area contributed by atoms with E-state index in [-0.39, 0.29) is 24.3 Å². The fourth-order valence-electron chi connectivity index (χ4n) is 4.58. The minimum absolute atomic E-state index is 0.225. The topological polar surface area (TPSA) is 52.6 Å². The molecule has 0 fully saturated rings. The van der Waals surface area contributed by atoms with E-state index >= 15 is 0 Å². The van der Waals surface area contributed by atoms with Gasteiger partial charge in [-0.2, -0.15) is 0 Å². The minimum Gasteiger partial charge on any atom is -0.470 e. The summed E-state index contributed by atoms with van der Waals surface area (Å²) in [7, 11) is -3.58. The standard InChI is InChI=1S/C24H24O4Si/c1-3-27-23(25)29(24(26)28-4-2,21-15-13-17-9-5-7-11-19(17)21)22-16-14-18-10-6-8-12-20(18)22/h5-16,21-22H,3-4H2,1-2H3. The molecule has 2 atom stereocenters. The van der Waals surface area contributed by atoms with E-state index in [1.165, 1.54) is 0 Å². The summed E-state index contributed by atoms with van der Waals surface area (Å²) in [6, 6.07) is 15.9. The number of allylic oxidation sites excluding steroid dienone is 2. The zero-order valence-corrected chi connectivity index (χ0v) is 17.6. The molecule has 2 aliphatic carbocycles. The first-order chi connectivity index (χ1) is 14.1.